The normalized spacial score (nSPS) is 14.5. The van der Waals surface area contributed by atoms with Gasteiger partial charge in [-0.1, -0.05) is 12.1 Å². The van der Waals surface area contributed by atoms with E-state index in [2.05, 4.69) is 37.2 Å². The zero-order chi connectivity index (χ0) is 23.2. The molecule has 0 atom stereocenters. The second-order valence-corrected chi connectivity index (χ2v) is 7.94. The minimum atomic E-state index is -0.417. The number of esters is 1. The molecule has 1 aliphatic rings. The molecule has 3 heterocycles. The van der Waals surface area contributed by atoms with E-state index in [-0.39, 0.29) is 0 Å². The number of ether oxygens (including phenoxy) is 2. The molecule has 0 radical (unpaired) electrons. The van der Waals surface area contributed by atoms with Crippen molar-refractivity contribution in [2.24, 2.45) is 0 Å². The topological polar surface area (TPSA) is 93.0 Å². The number of para-hydroxylation sites is 2. The SMILES string of the molecule is CCOC(=O)c1c(C)oc2ncnc(NCCCN3CCN(c4ccccc4OC)CC3)c12. The van der Waals surface area contributed by atoms with Crippen molar-refractivity contribution in [3.05, 3.63) is 41.9 Å². The quantitative estimate of drug-likeness (QED) is 0.387. The zero-order valence-corrected chi connectivity index (χ0v) is 19.5. The van der Waals surface area contributed by atoms with Gasteiger partial charge < -0.3 is 24.1 Å². The van der Waals surface area contributed by atoms with Crippen LogP contribution in [0.4, 0.5) is 11.5 Å². The van der Waals surface area contributed by atoms with Gasteiger partial charge in [-0.15, -0.1) is 0 Å². The lowest BCUT2D eigenvalue weighted by Crippen LogP contribution is -2.46. The first kappa shape index (κ1) is 22.8. The number of carbonyl (C=O) groups is 1. The highest BCUT2D eigenvalue weighted by molar-refractivity contribution is 6.07. The fraction of sp³-hybridized carbons (Fsp3) is 0.458. The Morgan fingerprint density at radius 1 is 1.18 bits per heavy atom. The molecule has 0 amide bonds. The molecule has 1 aliphatic heterocycles. The van der Waals surface area contributed by atoms with E-state index in [0.29, 0.717) is 34.8 Å². The number of methoxy groups -OCH3 is 1. The van der Waals surface area contributed by atoms with Gasteiger partial charge in [0.2, 0.25) is 5.71 Å². The van der Waals surface area contributed by atoms with Crippen molar-refractivity contribution in [2.45, 2.75) is 20.3 Å². The number of nitrogens with zero attached hydrogens (tertiary/aromatic N) is 4. The van der Waals surface area contributed by atoms with E-state index in [1.807, 2.05) is 12.1 Å². The van der Waals surface area contributed by atoms with Crippen LogP contribution in [0.2, 0.25) is 0 Å². The van der Waals surface area contributed by atoms with Crippen molar-refractivity contribution in [1.29, 1.82) is 0 Å². The molecule has 1 saturated heterocycles. The third kappa shape index (κ3) is 5.03. The summed E-state index contributed by atoms with van der Waals surface area (Å²) in [5.74, 6) is 1.59. The van der Waals surface area contributed by atoms with E-state index < -0.39 is 5.97 Å². The Morgan fingerprint density at radius 3 is 2.73 bits per heavy atom. The lowest BCUT2D eigenvalue weighted by Gasteiger charge is -2.36. The Labute approximate surface area is 193 Å². The number of piperazine rings is 1. The third-order valence-electron chi connectivity index (χ3n) is 5.89. The van der Waals surface area contributed by atoms with E-state index in [1.165, 1.54) is 6.33 Å². The molecule has 1 fully saturated rings. The van der Waals surface area contributed by atoms with Crippen LogP contribution in [-0.4, -0.2) is 73.8 Å². The van der Waals surface area contributed by atoms with E-state index >= 15 is 0 Å². The van der Waals surface area contributed by atoms with Gasteiger partial charge in [-0.2, -0.15) is 0 Å². The van der Waals surface area contributed by atoms with Gasteiger partial charge in [0.15, 0.2) is 0 Å². The molecule has 0 saturated carbocycles. The molecule has 9 nitrogen and oxygen atoms in total. The Kier molecular flexibility index (Phi) is 7.29. The molecule has 9 heteroatoms. The fourth-order valence-electron chi connectivity index (χ4n) is 4.24. The minimum absolute atomic E-state index is 0.297. The number of nitrogens with one attached hydrogen (secondary N) is 1. The molecule has 2 aromatic heterocycles. The number of hydrogen-bond acceptors (Lipinski definition) is 9. The van der Waals surface area contributed by atoms with Gasteiger partial charge in [0.1, 0.15) is 29.2 Å². The number of carbonyl (C=O) groups excluding carboxylic acids is 1. The van der Waals surface area contributed by atoms with Crippen LogP contribution < -0.4 is 15.0 Å². The minimum Gasteiger partial charge on any atom is -0.495 e. The van der Waals surface area contributed by atoms with Crippen molar-refractivity contribution in [2.75, 3.05) is 63.2 Å². The van der Waals surface area contributed by atoms with E-state index in [4.69, 9.17) is 13.9 Å². The summed E-state index contributed by atoms with van der Waals surface area (Å²) in [5.41, 5.74) is 1.94. The average molecular weight is 454 g/mol. The number of aromatic nitrogens is 2. The van der Waals surface area contributed by atoms with Crippen molar-refractivity contribution in [1.82, 2.24) is 14.9 Å². The van der Waals surface area contributed by atoms with E-state index in [9.17, 15) is 4.79 Å². The van der Waals surface area contributed by atoms with Crippen LogP contribution in [0.3, 0.4) is 0 Å². The highest BCUT2D eigenvalue weighted by Crippen LogP contribution is 2.30. The largest absolute Gasteiger partial charge is 0.495 e. The monoisotopic (exact) mass is 453 g/mol. The lowest BCUT2D eigenvalue weighted by molar-refractivity contribution is 0.0526. The number of aryl methyl sites for hydroxylation is 1. The molecule has 0 spiro atoms. The summed E-state index contributed by atoms with van der Waals surface area (Å²) in [5, 5.41) is 3.94. The van der Waals surface area contributed by atoms with Gasteiger partial charge in [0.25, 0.3) is 0 Å². The van der Waals surface area contributed by atoms with Gasteiger partial charge in [-0.05, 0) is 38.9 Å². The smallest absolute Gasteiger partial charge is 0.342 e. The first-order valence-corrected chi connectivity index (χ1v) is 11.4. The highest BCUT2D eigenvalue weighted by Gasteiger charge is 2.24. The second-order valence-electron chi connectivity index (χ2n) is 7.94. The molecule has 1 N–H and O–H groups in total. The maximum Gasteiger partial charge on any atom is 0.342 e. The summed E-state index contributed by atoms with van der Waals surface area (Å²) < 4.78 is 16.4. The zero-order valence-electron chi connectivity index (χ0n) is 19.5. The molecule has 176 valence electrons. The van der Waals surface area contributed by atoms with Gasteiger partial charge in [-0.3, -0.25) is 4.90 Å². The number of anilines is 2. The molecule has 4 rings (SSSR count). The average Bonchev–Trinajstić information content (AvgIpc) is 3.19. The standard InChI is InChI=1S/C24H31N5O4/c1-4-32-24(30)20-17(2)33-23-21(20)22(26-16-27-23)25-10-7-11-28-12-14-29(15-13-28)18-8-5-6-9-19(18)31-3/h5-6,8-9,16H,4,7,10-15H2,1-3H3,(H,25,26,27). The van der Waals surface area contributed by atoms with Gasteiger partial charge in [-0.25, -0.2) is 14.8 Å². The molecule has 0 aliphatic carbocycles. The molecular weight excluding hydrogens is 422 g/mol. The van der Waals surface area contributed by atoms with Crippen molar-refractivity contribution in [3.8, 4) is 5.75 Å². The Balaban J connectivity index is 1.31. The maximum absolute atomic E-state index is 12.4. The van der Waals surface area contributed by atoms with Crippen LogP contribution in [0.5, 0.6) is 5.75 Å². The molecule has 3 aromatic rings. The van der Waals surface area contributed by atoms with Crippen LogP contribution in [0.25, 0.3) is 11.1 Å². The van der Waals surface area contributed by atoms with Crippen LogP contribution in [-0.2, 0) is 4.74 Å². The number of furan rings is 1. The fourth-order valence-corrected chi connectivity index (χ4v) is 4.24. The molecule has 0 unspecified atom stereocenters. The summed E-state index contributed by atoms with van der Waals surface area (Å²) >= 11 is 0. The number of fused-ring (bicyclic) bond motifs is 1. The van der Waals surface area contributed by atoms with Crippen molar-refractivity contribution >= 4 is 28.6 Å². The molecule has 33 heavy (non-hydrogen) atoms. The lowest BCUT2D eigenvalue weighted by atomic mass is 10.2. The third-order valence-corrected chi connectivity index (χ3v) is 5.89. The molecule has 0 bridgehead atoms. The summed E-state index contributed by atoms with van der Waals surface area (Å²) in [7, 11) is 1.72. The number of rotatable bonds is 9. The van der Waals surface area contributed by atoms with Gasteiger partial charge in [0.05, 0.1) is 24.8 Å². The van der Waals surface area contributed by atoms with Crippen molar-refractivity contribution in [3.63, 3.8) is 0 Å². The maximum atomic E-state index is 12.4. The van der Waals surface area contributed by atoms with E-state index in [0.717, 1.165) is 57.1 Å². The molecule has 1 aromatic carbocycles. The van der Waals surface area contributed by atoms with Crippen LogP contribution in [0.1, 0.15) is 29.5 Å². The first-order valence-electron chi connectivity index (χ1n) is 11.4. The number of benzene rings is 1. The predicted octanol–water partition coefficient (Wildman–Crippen LogP) is 3.34. The summed E-state index contributed by atoms with van der Waals surface area (Å²) in [6.45, 7) is 9.47. The van der Waals surface area contributed by atoms with Crippen molar-refractivity contribution < 1.29 is 18.7 Å². The van der Waals surface area contributed by atoms with Gasteiger partial charge in [0, 0.05) is 32.7 Å². The van der Waals surface area contributed by atoms with Gasteiger partial charge >= 0.3 is 5.97 Å². The Hall–Kier alpha value is -3.33. The molecular formula is C24H31N5O4. The Bertz CT molecular complexity index is 1090. The van der Waals surface area contributed by atoms with Crippen LogP contribution >= 0.6 is 0 Å². The summed E-state index contributed by atoms with van der Waals surface area (Å²) in [4.78, 5) is 25.8. The predicted molar refractivity (Wildman–Crippen MR) is 127 cm³/mol. The first-order chi connectivity index (χ1) is 16.1. The van der Waals surface area contributed by atoms with Crippen LogP contribution in [0.15, 0.2) is 35.0 Å². The second kappa shape index (κ2) is 10.5. The van der Waals surface area contributed by atoms with Crippen LogP contribution in [0, 0.1) is 6.92 Å². The highest BCUT2D eigenvalue weighted by atomic mass is 16.5. The van der Waals surface area contributed by atoms with E-state index in [1.54, 1.807) is 21.0 Å². The summed E-state index contributed by atoms with van der Waals surface area (Å²) in [6, 6.07) is 8.17. The number of hydrogen-bond donors (Lipinski definition) is 1. The Morgan fingerprint density at radius 2 is 1.97 bits per heavy atom. The summed E-state index contributed by atoms with van der Waals surface area (Å²) in [6.07, 6.45) is 2.39.